The van der Waals surface area contributed by atoms with E-state index in [0.717, 1.165) is 23.5 Å². The van der Waals surface area contributed by atoms with Gasteiger partial charge in [0.05, 0.1) is 0 Å². The number of aromatic nitrogens is 2. The molecule has 1 aliphatic rings. The molecule has 0 saturated carbocycles. The molecule has 1 saturated heterocycles. The van der Waals surface area contributed by atoms with E-state index >= 15 is 0 Å². The van der Waals surface area contributed by atoms with Crippen molar-refractivity contribution < 1.29 is 14.7 Å². The first kappa shape index (κ1) is 15.0. The molecule has 0 radical (unpaired) electrons. The van der Waals surface area contributed by atoms with Crippen molar-refractivity contribution in [3.8, 4) is 0 Å². The van der Waals surface area contributed by atoms with Crippen LogP contribution in [-0.2, 0) is 16.1 Å². The number of hydrogen-bond donors (Lipinski definition) is 2. The number of nitrogens with zero attached hydrogens (tertiary/aromatic N) is 2. The van der Waals surface area contributed by atoms with Crippen molar-refractivity contribution in [3.63, 3.8) is 0 Å². The summed E-state index contributed by atoms with van der Waals surface area (Å²) in [6, 6.07) is 0.270. The zero-order chi connectivity index (χ0) is 15.6. The van der Waals surface area contributed by atoms with Gasteiger partial charge >= 0.3 is 11.7 Å². The molecule has 2 N–H and O–H groups in total. The lowest BCUT2D eigenvalue weighted by molar-refractivity contribution is -0.155. The third kappa shape index (κ3) is 3.21. The number of carboxylic acids is 1. The zero-order valence-electron chi connectivity index (χ0n) is 11.6. The highest BCUT2D eigenvalue weighted by Gasteiger charge is 2.36. The molecule has 0 spiro atoms. The van der Waals surface area contributed by atoms with Crippen LogP contribution in [-0.4, -0.2) is 44.0 Å². The molecule has 1 amide bonds. The number of nitrogens with one attached hydrogen (secondary N) is 1. The number of aromatic amines is 1. The average Bonchev–Trinajstić information content (AvgIpc) is 2.41. The Bertz CT molecular complexity index is 662. The van der Waals surface area contributed by atoms with Gasteiger partial charge in [-0.3, -0.25) is 19.1 Å². The van der Waals surface area contributed by atoms with Crippen LogP contribution in [0.2, 0.25) is 0 Å². The Morgan fingerprint density at radius 1 is 1.43 bits per heavy atom. The highest BCUT2D eigenvalue weighted by molar-refractivity contribution is 5.84. The number of rotatable bonds is 3. The van der Waals surface area contributed by atoms with Crippen molar-refractivity contribution in [2.75, 3.05) is 6.54 Å². The lowest BCUT2D eigenvalue weighted by atomic mass is 9.91. The maximum atomic E-state index is 12.3. The van der Waals surface area contributed by atoms with Crippen LogP contribution in [0.25, 0.3) is 0 Å². The van der Waals surface area contributed by atoms with Crippen LogP contribution in [0.15, 0.2) is 21.9 Å². The fourth-order valence-electron chi connectivity index (χ4n) is 2.65. The van der Waals surface area contributed by atoms with E-state index in [1.54, 1.807) is 6.92 Å². The minimum absolute atomic E-state index is 0.132. The van der Waals surface area contributed by atoms with Gasteiger partial charge in [-0.05, 0) is 18.8 Å². The molecular weight excluding hydrogens is 278 g/mol. The second-order valence-corrected chi connectivity index (χ2v) is 5.23. The number of amides is 1. The number of aliphatic carboxylic acids is 1. The van der Waals surface area contributed by atoms with Crippen LogP contribution in [0.1, 0.15) is 19.8 Å². The normalized spacial score (nSPS) is 22.0. The number of carboxylic acid groups (broad SMARTS) is 1. The summed E-state index contributed by atoms with van der Waals surface area (Å²) in [5, 5.41) is 9.28. The first-order valence-corrected chi connectivity index (χ1v) is 6.72. The summed E-state index contributed by atoms with van der Waals surface area (Å²) in [6.07, 6.45) is 2.71. The highest BCUT2D eigenvalue weighted by Crippen LogP contribution is 2.23. The number of hydrogen-bond acceptors (Lipinski definition) is 4. The van der Waals surface area contributed by atoms with E-state index in [9.17, 15) is 24.3 Å². The highest BCUT2D eigenvalue weighted by atomic mass is 16.4. The molecule has 1 aliphatic heterocycles. The zero-order valence-corrected chi connectivity index (χ0v) is 11.6. The maximum Gasteiger partial charge on any atom is 0.328 e. The Kier molecular flexibility index (Phi) is 4.25. The second-order valence-electron chi connectivity index (χ2n) is 5.23. The van der Waals surface area contributed by atoms with Gasteiger partial charge in [0.2, 0.25) is 5.91 Å². The van der Waals surface area contributed by atoms with Crippen molar-refractivity contribution in [1.29, 1.82) is 0 Å². The average molecular weight is 295 g/mol. The van der Waals surface area contributed by atoms with Crippen LogP contribution < -0.4 is 11.2 Å². The summed E-state index contributed by atoms with van der Waals surface area (Å²) in [6.45, 7) is 1.87. The minimum Gasteiger partial charge on any atom is -0.480 e. The first-order valence-electron chi connectivity index (χ1n) is 6.72. The molecule has 2 rings (SSSR count). The predicted molar refractivity (Wildman–Crippen MR) is 72.9 cm³/mol. The Labute approximate surface area is 120 Å². The molecule has 0 aromatic carbocycles. The molecule has 0 bridgehead atoms. The van der Waals surface area contributed by atoms with E-state index in [1.165, 1.54) is 11.1 Å². The molecule has 114 valence electrons. The molecule has 8 heteroatoms. The number of carbonyl (C=O) groups is 2. The third-order valence-corrected chi connectivity index (χ3v) is 3.71. The van der Waals surface area contributed by atoms with Crippen molar-refractivity contribution in [2.24, 2.45) is 5.92 Å². The van der Waals surface area contributed by atoms with Crippen molar-refractivity contribution in [1.82, 2.24) is 14.5 Å². The fourth-order valence-corrected chi connectivity index (χ4v) is 2.65. The van der Waals surface area contributed by atoms with Crippen LogP contribution in [0.5, 0.6) is 0 Å². The van der Waals surface area contributed by atoms with Crippen molar-refractivity contribution in [2.45, 2.75) is 32.4 Å². The van der Waals surface area contributed by atoms with Gasteiger partial charge in [0.1, 0.15) is 12.6 Å². The van der Waals surface area contributed by atoms with Gasteiger partial charge in [-0.15, -0.1) is 0 Å². The van der Waals surface area contributed by atoms with E-state index in [-0.39, 0.29) is 12.5 Å². The molecule has 1 aromatic heterocycles. The maximum absolute atomic E-state index is 12.3. The summed E-state index contributed by atoms with van der Waals surface area (Å²) in [7, 11) is 0. The second kappa shape index (κ2) is 5.94. The Morgan fingerprint density at radius 2 is 2.14 bits per heavy atom. The van der Waals surface area contributed by atoms with Gasteiger partial charge in [-0.25, -0.2) is 9.59 Å². The summed E-state index contributed by atoms with van der Waals surface area (Å²) >= 11 is 0. The van der Waals surface area contributed by atoms with Gasteiger partial charge in [-0.1, -0.05) is 6.92 Å². The fraction of sp³-hybridized carbons (Fsp3) is 0.538. The molecule has 1 fully saturated rings. The van der Waals surface area contributed by atoms with Gasteiger partial charge in [0.25, 0.3) is 5.56 Å². The van der Waals surface area contributed by atoms with E-state index in [1.807, 2.05) is 0 Å². The lowest BCUT2D eigenvalue weighted by Crippen LogP contribution is -2.53. The van der Waals surface area contributed by atoms with Crippen LogP contribution in [0.4, 0.5) is 0 Å². The Balaban J connectivity index is 2.20. The van der Waals surface area contributed by atoms with E-state index in [4.69, 9.17) is 0 Å². The van der Waals surface area contributed by atoms with Gasteiger partial charge in [0.15, 0.2) is 0 Å². The topological polar surface area (TPSA) is 112 Å². The molecular formula is C13H17N3O5. The van der Waals surface area contributed by atoms with Gasteiger partial charge in [0, 0.05) is 18.8 Å². The number of carbonyl (C=O) groups excluding carboxylic acids is 1. The standard InChI is InChI=1S/C13H17N3O5/c1-8-3-2-5-16(11(8)12(19)20)10(18)7-15-6-4-9(17)14-13(15)21/h4,6,8,11H,2-3,5,7H2,1H3,(H,19,20)(H,14,17,21). The third-order valence-electron chi connectivity index (χ3n) is 3.71. The van der Waals surface area contributed by atoms with E-state index in [0.29, 0.717) is 6.54 Å². The number of likely N-dealkylation sites (tertiary alicyclic amines) is 1. The summed E-state index contributed by atoms with van der Waals surface area (Å²) < 4.78 is 1.06. The Hall–Kier alpha value is -2.38. The summed E-state index contributed by atoms with van der Waals surface area (Å²) in [4.78, 5) is 49.5. The van der Waals surface area contributed by atoms with Crippen molar-refractivity contribution >= 4 is 11.9 Å². The molecule has 0 aliphatic carbocycles. The minimum atomic E-state index is -1.04. The predicted octanol–water partition coefficient (Wildman–Crippen LogP) is -0.752. The molecule has 8 nitrogen and oxygen atoms in total. The number of H-pyrrole nitrogens is 1. The first-order chi connectivity index (χ1) is 9.90. The SMILES string of the molecule is CC1CCCN(C(=O)Cn2ccc(=O)[nH]c2=O)C1C(=O)O. The van der Waals surface area contributed by atoms with Gasteiger partial charge < -0.3 is 10.0 Å². The molecule has 2 atom stereocenters. The number of piperidine rings is 1. The molecule has 2 heterocycles. The summed E-state index contributed by atoms with van der Waals surface area (Å²) in [5.41, 5.74) is -1.23. The lowest BCUT2D eigenvalue weighted by Gasteiger charge is -2.37. The molecule has 2 unspecified atom stereocenters. The smallest absolute Gasteiger partial charge is 0.328 e. The van der Waals surface area contributed by atoms with Crippen molar-refractivity contribution in [3.05, 3.63) is 33.1 Å². The van der Waals surface area contributed by atoms with Crippen LogP contribution in [0, 0.1) is 5.92 Å². The van der Waals surface area contributed by atoms with Gasteiger partial charge in [-0.2, -0.15) is 0 Å². The largest absolute Gasteiger partial charge is 0.480 e. The van der Waals surface area contributed by atoms with E-state index in [2.05, 4.69) is 4.98 Å². The van der Waals surface area contributed by atoms with Crippen LogP contribution >= 0.6 is 0 Å². The molecule has 21 heavy (non-hydrogen) atoms. The van der Waals surface area contributed by atoms with E-state index < -0.39 is 29.2 Å². The quantitative estimate of drug-likeness (QED) is 0.761. The molecule has 1 aromatic rings. The Morgan fingerprint density at radius 3 is 2.76 bits per heavy atom. The van der Waals surface area contributed by atoms with Crippen LogP contribution in [0.3, 0.4) is 0 Å². The summed E-state index contributed by atoms with van der Waals surface area (Å²) in [5.74, 6) is -1.61. The monoisotopic (exact) mass is 295 g/mol.